The second kappa shape index (κ2) is 8.30. The highest BCUT2D eigenvalue weighted by Gasteiger charge is 2.04. The number of hydrogen-bond donors (Lipinski definition) is 2. The summed E-state index contributed by atoms with van der Waals surface area (Å²) in [4.78, 5) is 0. The molecule has 0 spiro atoms. The Morgan fingerprint density at radius 3 is 2.44 bits per heavy atom. The fraction of sp³-hybridized carbons (Fsp3) is 0.800. The molecule has 0 unspecified atom stereocenters. The SMILES string of the molecule is Cc1n[nH]c(C)c1CNCCCCCCC(C)C. The van der Waals surface area contributed by atoms with Crippen LogP contribution in [-0.2, 0) is 6.54 Å². The summed E-state index contributed by atoms with van der Waals surface area (Å²) >= 11 is 0. The van der Waals surface area contributed by atoms with E-state index in [2.05, 4.69) is 43.2 Å². The molecule has 1 aromatic heterocycles. The summed E-state index contributed by atoms with van der Waals surface area (Å²) in [5, 5.41) is 10.7. The lowest BCUT2D eigenvalue weighted by atomic mass is 10.0. The molecule has 1 aromatic rings. The van der Waals surface area contributed by atoms with Crippen LogP contribution < -0.4 is 5.32 Å². The Balaban J connectivity index is 1.99. The van der Waals surface area contributed by atoms with Crippen molar-refractivity contribution in [3.05, 3.63) is 17.0 Å². The summed E-state index contributed by atoms with van der Waals surface area (Å²) in [7, 11) is 0. The van der Waals surface area contributed by atoms with E-state index in [1.54, 1.807) is 0 Å². The van der Waals surface area contributed by atoms with Crippen LogP contribution in [0.3, 0.4) is 0 Å². The van der Waals surface area contributed by atoms with Gasteiger partial charge in [-0.1, -0.05) is 39.5 Å². The molecule has 1 rings (SSSR count). The van der Waals surface area contributed by atoms with Crippen LogP contribution >= 0.6 is 0 Å². The van der Waals surface area contributed by atoms with E-state index in [4.69, 9.17) is 0 Å². The van der Waals surface area contributed by atoms with Crippen molar-refractivity contribution in [2.24, 2.45) is 5.92 Å². The number of aromatic amines is 1. The maximum Gasteiger partial charge on any atom is 0.0638 e. The van der Waals surface area contributed by atoms with Crippen LogP contribution in [0, 0.1) is 19.8 Å². The Hall–Kier alpha value is -0.830. The van der Waals surface area contributed by atoms with Crippen molar-refractivity contribution in [2.75, 3.05) is 6.54 Å². The highest BCUT2D eigenvalue weighted by Crippen LogP contribution is 2.10. The molecule has 0 saturated heterocycles. The van der Waals surface area contributed by atoms with E-state index in [0.29, 0.717) is 0 Å². The molecule has 0 atom stereocenters. The highest BCUT2D eigenvalue weighted by molar-refractivity contribution is 5.22. The molecule has 2 N–H and O–H groups in total. The van der Waals surface area contributed by atoms with Crippen molar-refractivity contribution in [2.45, 2.75) is 66.3 Å². The van der Waals surface area contributed by atoms with Crippen molar-refractivity contribution < 1.29 is 0 Å². The maximum atomic E-state index is 4.21. The Kier molecular flexibility index (Phi) is 7.02. The highest BCUT2D eigenvalue weighted by atomic mass is 15.1. The number of unbranched alkanes of at least 4 members (excludes halogenated alkanes) is 3. The average molecular weight is 251 g/mol. The minimum absolute atomic E-state index is 0.857. The lowest BCUT2D eigenvalue weighted by Crippen LogP contribution is -2.15. The zero-order valence-electron chi connectivity index (χ0n) is 12.5. The second-order valence-electron chi connectivity index (χ2n) is 5.69. The van der Waals surface area contributed by atoms with Gasteiger partial charge in [0.1, 0.15) is 0 Å². The number of nitrogens with one attached hydrogen (secondary N) is 2. The first-order valence-electron chi connectivity index (χ1n) is 7.32. The van der Waals surface area contributed by atoms with Gasteiger partial charge in [-0.3, -0.25) is 5.10 Å². The van der Waals surface area contributed by atoms with Gasteiger partial charge in [0.05, 0.1) is 5.69 Å². The van der Waals surface area contributed by atoms with Crippen molar-refractivity contribution in [1.82, 2.24) is 15.5 Å². The van der Waals surface area contributed by atoms with Gasteiger partial charge in [-0.25, -0.2) is 0 Å². The first-order valence-corrected chi connectivity index (χ1v) is 7.32. The first kappa shape index (κ1) is 15.2. The molecule has 1 heterocycles. The van der Waals surface area contributed by atoms with E-state index in [0.717, 1.165) is 24.7 Å². The van der Waals surface area contributed by atoms with Gasteiger partial charge in [-0.2, -0.15) is 5.10 Å². The van der Waals surface area contributed by atoms with Gasteiger partial charge in [-0.15, -0.1) is 0 Å². The van der Waals surface area contributed by atoms with Crippen molar-refractivity contribution in [3.63, 3.8) is 0 Å². The minimum Gasteiger partial charge on any atom is -0.313 e. The summed E-state index contributed by atoms with van der Waals surface area (Å²) in [5.74, 6) is 0.857. The van der Waals surface area contributed by atoms with Gasteiger partial charge in [0.15, 0.2) is 0 Å². The number of aromatic nitrogens is 2. The molecule has 0 radical (unpaired) electrons. The Labute approximate surface area is 112 Å². The van der Waals surface area contributed by atoms with Crippen molar-refractivity contribution >= 4 is 0 Å². The molecule has 0 fully saturated rings. The number of nitrogens with zero attached hydrogens (tertiary/aromatic N) is 1. The van der Waals surface area contributed by atoms with Crippen LogP contribution in [0.1, 0.15) is 62.9 Å². The summed E-state index contributed by atoms with van der Waals surface area (Å²) < 4.78 is 0. The number of rotatable bonds is 9. The molecule has 0 saturated carbocycles. The summed E-state index contributed by atoms with van der Waals surface area (Å²) in [6.45, 7) is 10.8. The van der Waals surface area contributed by atoms with E-state index in [-0.39, 0.29) is 0 Å². The lowest BCUT2D eigenvalue weighted by Gasteiger charge is -2.06. The van der Waals surface area contributed by atoms with Crippen LogP contribution in [0.5, 0.6) is 0 Å². The molecule has 3 nitrogen and oxygen atoms in total. The van der Waals surface area contributed by atoms with Gasteiger partial charge >= 0.3 is 0 Å². The Morgan fingerprint density at radius 1 is 1.11 bits per heavy atom. The second-order valence-corrected chi connectivity index (χ2v) is 5.69. The van der Waals surface area contributed by atoms with Gasteiger partial charge in [0.2, 0.25) is 0 Å². The van der Waals surface area contributed by atoms with Crippen LogP contribution in [0.25, 0.3) is 0 Å². The topological polar surface area (TPSA) is 40.7 Å². The maximum absolute atomic E-state index is 4.21. The zero-order valence-corrected chi connectivity index (χ0v) is 12.5. The third-order valence-electron chi connectivity index (χ3n) is 3.47. The number of hydrogen-bond acceptors (Lipinski definition) is 2. The van der Waals surface area contributed by atoms with E-state index < -0.39 is 0 Å². The predicted octanol–water partition coefficient (Wildman–Crippen LogP) is 3.72. The Morgan fingerprint density at radius 2 is 1.83 bits per heavy atom. The fourth-order valence-electron chi connectivity index (χ4n) is 2.20. The molecule has 0 bridgehead atoms. The largest absolute Gasteiger partial charge is 0.313 e. The van der Waals surface area contributed by atoms with Crippen LogP contribution in [0.15, 0.2) is 0 Å². The smallest absolute Gasteiger partial charge is 0.0638 e. The monoisotopic (exact) mass is 251 g/mol. The number of aryl methyl sites for hydroxylation is 2. The van der Waals surface area contributed by atoms with Gasteiger partial charge in [0.25, 0.3) is 0 Å². The molecule has 0 aliphatic carbocycles. The predicted molar refractivity (Wildman–Crippen MR) is 77.7 cm³/mol. The third-order valence-corrected chi connectivity index (χ3v) is 3.47. The molecule has 0 aliphatic heterocycles. The standard InChI is InChI=1S/C15H29N3/c1-12(2)9-7-5-6-8-10-16-11-15-13(3)17-18-14(15)4/h12,16H,5-11H2,1-4H3,(H,17,18). The quantitative estimate of drug-likeness (QED) is 0.657. The van der Waals surface area contributed by atoms with E-state index in [9.17, 15) is 0 Å². The van der Waals surface area contributed by atoms with Crippen molar-refractivity contribution in [3.8, 4) is 0 Å². The molecule has 0 amide bonds. The van der Waals surface area contributed by atoms with Crippen LogP contribution in [0.4, 0.5) is 0 Å². The van der Waals surface area contributed by atoms with Crippen molar-refractivity contribution in [1.29, 1.82) is 0 Å². The van der Waals surface area contributed by atoms with E-state index >= 15 is 0 Å². The van der Waals surface area contributed by atoms with E-state index in [1.807, 2.05) is 0 Å². The van der Waals surface area contributed by atoms with Gasteiger partial charge in [-0.05, 0) is 32.7 Å². The third kappa shape index (κ3) is 5.67. The average Bonchev–Trinajstić information content (AvgIpc) is 2.63. The Bertz CT molecular complexity index is 309. The molecular weight excluding hydrogens is 222 g/mol. The fourth-order valence-corrected chi connectivity index (χ4v) is 2.20. The summed E-state index contributed by atoms with van der Waals surface area (Å²) in [5.41, 5.74) is 3.64. The van der Waals surface area contributed by atoms with Gasteiger partial charge < -0.3 is 5.32 Å². The lowest BCUT2D eigenvalue weighted by molar-refractivity contribution is 0.512. The molecule has 18 heavy (non-hydrogen) atoms. The van der Waals surface area contributed by atoms with Crippen LogP contribution in [0.2, 0.25) is 0 Å². The minimum atomic E-state index is 0.857. The normalized spacial score (nSPS) is 11.4. The molecular formula is C15H29N3. The summed E-state index contributed by atoms with van der Waals surface area (Å²) in [6.07, 6.45) is 6.78. The zero-order chi connectivity index (χ0) is 13.4. The number of H-pyrrole nitrogens is 1. The van der Waals surface area contributed by atoms with E-state index in [1.165, 1.54) is 43.4 Å². The molecule has 0 aliphatic rings. The molecule has 104 valence electrons. The molecule has 3 heteroatoms. The van der Waals surface area contributed by atoms with Crippen LogP contribution in [-0.4, -0.2) is 16.7 Å². The van der Waals surface area contributed by atoms with Gasteiger partial charge in [0, 0.05) is 17.8 Å². The first-order chi connectivity index (χ1) is 8.61. The summed E-state index contributed by atoms with van der Waals surface area (Å²) in [6, 6.07) is 0. The molecule has 0 aromatic carbocycles.